The summed E-state index contributed by atoms with van der Waals surface area (Å²) in [6, 6.07) is 14.2. The van der Waals surface area contributed by atoms with E-state index in [0.29, 0.717) is 0 Å². The highest BCUT2D eigenvalue weighted by Crippen LogP contribution is 2.16. The highest BCUT2D eigenvalue weighted by Gasteiger charge is 1.99. The second-order valence-corrected chi connectivity index (χ2v) is 3.48. The maximum atomic E-state index is 4.31. The molecule has 2 heterocycles. The van der Waals surface area contributed by atoms with Crippen LogP contribution in [0, 0.1) is 0 Å². The van der Waals surface area contributed by atoms with Gasteiger partial charge in [0.2, 0.25) is 0 Å². The SMILES string of the molecule is c1ccc(-n2cc3ccccc3c2)nc1. The minimum atomic E-state index is 0.953. The normalized spacial score (nSPS) is 10.7. The zero-order valence-corrected chi connectivity index (χ0v) is 8.17. The lowest BCUT2D eigenvalue weighted by atomic mass is 10.2. The summed E-state index contributed by atoms with van der Waals surface area (Å²) in [5.41, 5.74) is 0. The first-order valence-electron chi connectivity index (χ1n) is 4.92. The summed E-state index contributed by atoms with van der Waals surface area (Å²) in [7, 11) is 0. The Bertz CT molecular complexity index is 549. The first-order chi connectivity index (χ1) is 7.43. The molecule has 0 aliphatic carbocycles. The largest absolute Gasteiger partial charge is 0.307 e. The average molecular weight is 194 g/mol. The molecule has 0 atom stereocenters. The number of nitrogens with zero attached hydrogens (tertiary/aromatic N) is 2. The Balaban J connectivity index is 2.21. The second-order valence-electron chi connectivity index (χ2n) is 3.48. The predicted molar refractivity (Wildman–Crippen MR) is 61.1 cm³/mol. The molecule has 0 spiro atoms. The first kappa shape index (κ1) is 8.24. The van der Waals surface area contributed by atoms with Crippen molar-refractivity contribution in [3.63, 3.8) is 0 Å². The molecule has 2 heteroatoms. The van der Waals surface area contributed by atoms with E-state index in [4.69, 9.17) is 0 Å². The van der Waals surface area contributed by atoms with Gasteiger partial charge in [-0.25, -0.2) is 4.98 Å². The molecule has 2 aromatic heterocycles. The van der Waals surface area contributed by atoms with Gasteiger partial charge in [-0.15, -0.1) is 0 Å². The van der Waals surface area contributed by atoms with E-state index in [2.05, 4.69) is 29.5 Å². The van der Waals surface area contributed by atoms with Gasteiger partial charge in [-0.3, -0.25) is 0 Å². The summed E-state index contributed by atoms with van der Waals surface area (Å²) in [5, 5.41) is 2.48. The summed E-state index contributed by atoms with van der Waals surface area (Å²) < 4.78 is 2.05. The number of pyridine rings is 1. The second kappa shape index (κ2) is 3.24. The molecule has 0 saturated heterocycles. The van der Waals surface area contributed by atoms with E-state index in [9.17, 15) is 0 Å². The quantitative estimate of drug-likeness (QED) is 0.582. The maximum Gasteiger partial charge on any atom is 0.136 e. The predicted octanol–water partition coefficient (Wildman–Crippen LogP) is 3.03. The topological polar surface area (TPSA) is 17.8 Å². The molecule has 0 amide bonds. The highest BCUT2D eigenvalue weighted by atomic mass is 15.0. The number of rotatable bonds is 1. The lowest BCUT2D eigenvalue weighted by molar-refractivity contribution is 1.01. The molecule has 3 rings (SSSR count). The number of hydrogen-bond donors (Lipinski definition) is 0. The molecular weight excluding hydrogens is 184 g/mol. The monoisotopic (exact) mass is 194 g/mol. The van der Waals surface area contributed by atoms with Crippen molar-refractivity contribution in [2.24, 2.45) is 0 Å². The number of benzene rings is 1. The summed E-state index contributed by atoms with van der Waals surface area (Å²) in [4.78, 5) is 4.31. The molecule has 0 unspecified atom stereocenters. The molecule has 0 fully saturated rings. The number of fused-ring (bicyclic) bond motifs is 1. The van der Waals surface area contributed by atoms with Gasteiger partial charge in [-0.1, -0.05) is 30.3 Å². The van der Waals surface area contributed by atoms with Crippen molar-refractivity contribution in [1.29, 1.82) is 0 Å². The van der Waals surface area contributed by atoms with Crippen LogP contribution < -0.4 is 0 Å². The molecule has 3 aromatic rings. The van der Waals surface area contributed by atoms with E-state index in [0.717, 1.165) is 5.82 Å². The van der Waals surface area contributed by atoms with Crippen LogP contribution in [0.4, 0.5) is 0 Å². The fourth-order valence-corrected chi connectivity index (χ4v) is 1.72. The van der Waals surface area contributed by atoms with Crippen molar-refractivity contribution < 1.29 is 0 Å². The highest BCUT2D eigenvalue weighted by molar-refractivity contribution is 5.82. The molecule has 72 valence electrons. The van der Waals surface area contributed by atoms with Crippen molar-refractivity contribution in [3.8, 4) is 5.82 Å². The Hall–Kier alpha value is -2.09. The van der Waals surface area contributed by atoms with Crippen LogP contribution in [0.2, 0.25) is 0 Å². The fraction of sp³-hybridized carbons (Fsp3) is 0. The minimum absolute atomic E-state index is 0.953. The van der Waals surface area contributed by atoms with Gasteiger partial charge in [0.05, 0.1) is 0 Å². The van der Waals surface area contributed by atoms with Crippen LogP contribution in [0.15, 0.2) is 61.1 Å². The van der Waals surface area contributed by atoms with Crippen molar-refractivity contribution >= 4 is 10.8 Å². The standard InChI is InChI=1S/C13H10N2/c1-2-6-12-10-15(9-11(12)5-1)13-7-3-4-8-14-13/h1-10H. The molecule has 1 aromatic carbocycles. The first-order valence-corrected chi connectivity index (χ1v) is 4.92. The van der Waals surface area contributed by atoms with Crippen LogP contribution in [0.1, 0.15) is 0 Å². The molecule has 0 aliphatic rings. The third-order valence-corrected chi connectivity index (χ3v) is 2.47. The summed E-state index contributed by atoms with van der Waals surface area (Å²) >= 11 is 0. The number of aromatic nitrogens is 2. The lowest BCUT2D eigenvalue weighted by Gasteiger charge is -1.98. The van der Waals surface area contributed by atoms with Crippen LogP contribution in [-0.4, -0.2) is 9.55 Å². The van der Waals surface area contributed by atoms with Gasteiger partial charge in [0.15, 0.2) is 0 Å². The van der Waals surface area contributed by atoms with Crippen molar-refractivity contribution in [2.75, 3.05) is 0 Å². The van der Waals surface area contributed by atoms with E-state index in [-0.39, 0.29) is 0 Å². The Labute approximate surface area is 87.8 Å². The molecule has 2 nitrogen and oxygen atoms in total. The van der Waals surface area contributed by atoms with Gasteiger partial charge >= 0.3 is 0 Å². The molecular formula is C13H10N2. The van der Waals surface area contributed by atoms with Crippen molar-refractivity contribution in [3.05, 3.63) is 61.1 Å². The molecule has 0 bridgehead atoms. The van der Waals surface area contributed by atoms with Gasteiger partial charge in [-0.05, 0) is 22.9 Å². The third-order valence-electron chi connectivity index (χ3n) is 2.47. The van der Waals surface area contributed by atoms with E-state index in [1.54, 1.807) is 6.20 Å². The summed E-state index contributed by atoms with van der Waals surface area (Å²) in [6.07, 6.45) is 6.00. The average Bonchev–Trinajstić information content (AvgIpc) is 2.74. The smallest absolute Gasteiger partial charge is 0.136 e. The molecule has 0 radical (unpaired) electrons. The minimum Gasteiger partial charge on any atom is -0.307 e. The lowest BCUT2D eigenvalue weighted by Crippen LogP contribution is -1.91. The fourth-order valence-electron chi connectivity index (χ4n) is 1.72. The molecule has 0 N–H and O–H groups in total. The molecule has 0 saturated carbocycles. The van der Waals surface area contributed by atoms with E-state index in [1.807, 2.05) is 34.9 Å². The molecule has 15 heavy (non-hydrogen) atoms. The van der Waals surface area contributed by atoms with E-state index in [1.165, 1.54) is 10.8 Å². The zero-order valence-electron chi connectivity index (χ0n) is 8.17. The summed E-state index contributed by atoms with van der Waals surface area (Å²) in [6.45, 7) is 0. The zero-order chi connectivity index (χ0) is 10.1. The number of hydrogen-bond acceptors (Lipinski definition) is 1. The Morgan fingerprint density at radius 2 is 1.47 bits per heavy atom. The molecule has 0 aliphatic heterocycles. The van der Waals surface area contributed by atoms with Crippen LogP contribution >= 0.6 is 0 Å². The van der Waals surface area contributed by atoms with Gasteiger partial charge in [0.1, 0.15) is 5.82 Å². The van der Waals surface area contributed by atoms with E-state index >= 15 is 0 Å². The Morgan fingerprint density at radius 3 is 2.07 bits per heavy atom. The van der Waals surface area contributed by atoms with Crippen LogP contribution in [0.5, 0.6) is 0 Å². The Kier molecular flexibility index (Phi) is 1.78. The van der Waals surface area contributed by atoms with Crippen molar-refractivity contribution in [2.45, 2.75) is 0 Å². The third kappa shape index (κ3) is 1.40. The van der Waals surface area contributed by atoms with Crippen LogP contribution in [-0.2, 0) is 0 Å². The van der Waals surface area contributed by atoms with E-state index < -0.39 is 0 Å². The van der Waals surface area contributed by atoms with Crippen LogP contribution in [0.3, 0.4) is 0 Å². The van der Waals surface area contributed by atoms with Gasteiger partial charge in [-0.2, -0.15) is 0 Å². The maximum absolute atomic E-state index is 4.31. The van der Waals surface area contributed by atoms with Crippen LogP contribution in [0.25, 0.3) is 16.6 Å². The Morgan fingerprint density at radius 1 is 0.800 bits per heavy atom. The van der Waals surface area contributed by atoms with Gasteiger partial charge in [0.25, 0.3) is 0 Å². The van der Waals surface area contributed by atoms with Gasteiger partial charge in [0, 0.05) is 18.6 Å². The van der Waals surface area contributed by atoms with Gasteiger partial charge < -0.3 is 4.57 Å². The van der Waals surface area contributed by atoms with Crippen molar-refractivity contribution in [1.82, 2.24) is 9.55 Å². The summed E-state index contributed by atoms with van der Waals surface area (Å²) in [5.74, 6) is 0.953.